The molecule has 2 aliphatic heterocycles. The molecule has 0 unspecified atom stereocenters. The first-order chi connectivity index (χ1) is 13.1. The summed E-state index contributed by atoms with van der Waals surface area (Å²) in [6.45, 7) is 4.41. The number of fused-ring (bicyclic) bond motifs is 1. The third-order valence-electron chi connectivity index (χ3n) is 5.47. The molecule has 3 N–H and O–H groups in total. The molecule has 0 bridgehead atoms. The maximum atomic E-state index is 12.6. The van der Waals surface area contributed by atoms with Gasteiger partial charge in [-0.15, -0.1) is 0 Å². The third kappa shape index (κ3) is 3.88. The van der Waals surface area contributed by atoms with Crippen molar-refractivity contribution in [3.05, 3.63) is 41.2 Å². The summed E-state index contributed by atoms with van der Waals surface area (Å²) >= 11 is 0. The van der Waals surface area contributed by atoms with Crippen LogP contribution in [0.5, 0.6) is 0 Å². The van der Waals surface area contributed by atoms with E-state index >= 15 is 0 Å². The number of hydrogen-bond acceptors (Lipinski definition) is 4. The van der Waals surface area contributed by atoms with Gasteiger partial charge in [-0.1, -0.05) is 12.1 Å². The molecule has 27 heavy (non-hydrogen) atoms. The summed E-state index contributed by atoms with van der Waals surface area (Å²) in [6, 6.07) is 7.08. The summed E-state index contributed by atoms with van der Waals surface area (Å²) < 4.78 is 0. The van der Waals surface area contributed by atoms with Gasteiger partial charge in [0.1, 0.15) is 5.82 Å². The standard InChI is InChI=1S/C20H25N5O2/c21-19(27)14-3-5-15(6-4-14)20-22-16-7-12-25(13-17(16)23-20)18(26)8-11-24-9-1-2-10-24/h3-6H,1-2,7-13H2,(H2,21,27)(H,22,23). The molecule has 1 fully saturated rings. The number of benzene rings is 1. The molecule has 3 heterocycles. The number of rotatable bonds is 5. The van der Waals surface area contributed by atoms with Gasteiger partial charge >= 0.3 is 0 Å². The summed E-state index contributed by atoms with van der Waals surface area (Å²) in [5.41, 5.74) is 8.69. The van der Waals surface area contributed by atoms with Crippen molar-refractivity contribution in [2.45, 2.75) is 32.2 Å². The van der Waals surface area contributed by atoms with E-state index in [1.807, 2.05) is 17.0 Å². The Morgan fingerprint density at radius 2 is 1.85 bits per heavy atom. The molecular weight excluding hydrogens is 342 g/mol. The summed E-state index contributed by atoms with van der Waals surface area (Å²) in [6.07, 6.45) is 3.85. The molecule has 2 amide bonds. The summed E-state index contributed by atoms with van der Waals surface area (Å²) in [5.74, 6) is 0.542. The van der Waals surface area contributed by atoms with E-state index < -0.39 is 5.91 Å². The van der Waals surface area contributed by atoms with Crippen LogP contribution in [0.15, 0.2) is 24.3 Å². The van der Waals surface area contributed by atoms with Crippen LogP contribution in [0.1, 0.15) is 41.0 Å². The molecule has 2 aromatic rings. The number of aromatic nitrogens is 2. The van der Waals surface area contributed by atoms with Gasteiger partial charge in [-0.25, -0.2) is 4.98 Å². The Balaban J connectivity index is 1.41. The largest absolute Gasteiger partial charge is 0.366 e. The van der Waals surface area contributed by atoms with E-state index in [2.05, 4.69) is 14.9 Å². The minimum atomic E-state index is -0.441. The minimum absolute atomic E-state index is 0.217. The average Bonchev–Trinajstić information content (AvgIpc) is 3.35. The monoisotopic (exact) mass is 367 g/mol. The first kappa shape index (κ1) is 17.7. The number of carbonyl (C=O) groups excluding carboxylic acids is 2. The number of carbonyl (C=O) groups is 2. The predicted molar refractivity (Wildman–Crippen MR) is 102 cm³/mol. The zero-order chi connectivity index (χ0) is 18.8. The number of amides is 2. The Morgan fingerprint density at radius 1 is 1.11 bits per heavy atom. The van der Waals surface area contributed by atoms with Gasteiger partial charge in [0.2, 0.25) is 11.8 Å². The second-order valence-electron chi connectivity index (χ2n) is 7.32. The van der Waals surface area contributed by atoms with Crippen molar-refractivity contribution in [3.63, 3.8) is 0 Å². The van der Waals surface area contributed by atoms with Crippen LogP contribution in [0.4, 0.5) is 0 Å². The lowest BCUT2D eigenvalue weighted by molar-refractivity contribution is -0.132. The lowest BCUT2D eigenvalue weighted by Crippen LogP contribution is -2.37. The summed E-state index contributed by atoms with van der Waals surface area (Å²) in [4.78, 5) is 36.1. The smallest absolute Gasteiger partial charge is 0.248 e. The molecule has 2 aliphatic rings. The summed E-state index contributed by atoms with van der Waals surface area (Å²) in [7, 11) is 0. The number of imidazole rings is 1. The van der Waals surface area contributed by atoms with Gasteiger partial charge in [-0.2, -0.15) is 0 Å². The fourth-order valence-corrected chi connectivity index (χ4v) is 3.85. The van der Waals surface area contributed by atoms with Crippen LogP contribution in [0.2, 0.25) is 0 Å². The van der Waals surface area contributed by atoms with E-state index in [0.717, 1.165) is 55.4 Å². The normalized spacial score (nSPS) is 17.1. The van der Waals surface area contributed by atoms with E-state index in [0.29, 0.717) is 18.5 Å². The van der Waals surface area contributed by atoms with E-state index in [-0.39, 0.29) is 5.91 Å². The fraction of sp³-hybridized carbons (Fsp3) is 0.450. The van der Waals surface area contributed by atoms with Gasteiger partial charge in [0.25, 0.3) is 0 Å². The number of H-pyrrole nitrogens is 1. The molecule has 4 rings (SSSR count). The first-order valence-electron chi connectivity index (χ1n) is 9.58. The Morgan fingerprint density at radius 3 is 2.56 bits per heavy atom. The van der Waals surface area contributed by atoms with Gasteiger partial charge in [0, 0.05) is 37.1 Å². The van der Waals surface area contributed by atoms with Crippen molar-refractivity contribution in [3.8, 4) is 11.4 Å². The molecule has 0 aliphatic carbocycles. The van der Waals surface area contributed by atoms with Crippen LogP contribution in [-0.4, -0.2) is 57.8 Å². The number of primary amides is 1. The molecular formula is C20H25N5O2. The molecule has 7 heteroatoms. The summed E-state index contributed by atoms with van der Waals surface area (Å²) in [5, 5.41) is 0. The zero-order valence-corrected chi connectivity index (χ0v) is 15.4. The van der Waals surface area contributed by atoms with Gasteiger partial charge < -0.3 is 20.5 Å². The number of aromatic amines is 1. The second kappa shape index (κ2) is 7.52. The Hall–Kier alpha value is -2.67. The van der Waals surface area contributed by atoms with E-state index in [4.69, 9.17) is 5.73 Å². The van der Waals surface area contributed by atoms with Crippen LogP contribution < -0.4 is 5.73 Å². The van der Waals surface area contributed by atoms with Crippen LogP contribution in [-0.2, 0) is 17.8 Å². The lowest BCUT2D eigenvalue weighted by Gasteiger charge is -2.27. The van der Waals surface area contributed by atoms with Crippen molar-refractivity contribution in [1.29, 1.82) is 0 Å². The van der Waals surface area contributed by atoms with E-state index in [9.17, 15) is 9.59 Å². The highest BCUT2D eigenvalue weighted by Crippen LogP contribution is 2.23. The predicted octanol–water partition coefficient (Wildman–Crippen LogP) is 1.55. The molecule has 0 spiro atoms. The Labute approximate surface area is 158 Å². The molecule has 1 aromatic heterocycles. The molecule has 142 valence electrons. The Bertz CT molecular complexity index is 837. The first-order valence-corrected chi connectivity index (χ1v) is 9.58. The highest BCUT2D eigenvalue weighted by atomic mass is 16.2. The van der Waals surface area contributed by atoms with Crippen LogP contribution in [0.25, 0.3) is 11.4 Å². The zero-order valence-electron chi connectivity index (χ0n) is 15.4. The maximum Gasteiger partial charge on any atom is 0.248 e. The highest BCUT2D eigenvalue weighted by molar-refractivity contribution is 5.93. The van der Waals surface area contributed by atoms with Gasteiger partial charge in [0.05, 0.1) is 17.9 Å². The number of nitrogens with zero attached hydrogens (tertiary/aromatic N) is 3. The number of nitrogens with one attached hydrogen (secondary N) is 1. The van der Waals surface area contributed by atoms with Crippen molar-refractivity contribution in [2.75, 3.05) is 26.2 Å². The van der Waals surface area contributed by atoms with Crippen molar-refractivity contribution >= 4 is 11.8 Å². The second-order valence-corrected chi connectivity index (χ2v) is 7.32. The molecule has 0 radical (unpaired) electrons. The molecule has 7 nitrogen and oxygen atoms in total. The van der Waals surface area contributed by atoms with Crippen LogP contribution in [0.3, 0.4) is 0 Å². The van der Waals surface area contributed by atoms with Gasteiger partial charge in [-0.3, -0.25) is 9.59 Å². The third-order valence-corrected chi connectivity index (χ3v) is 5.47. The molecule has 1 aromatic carbocycles. The fourth-order valence-electron chi connectivity index (χ4n) is 3.85. The van der Waals surface area contributed by atoms with E-state index in [1.165, 1.54) is 12.8 Å². The van der Waals surface area contributed by atoms with Crippen LogP contribution in [0, 0.1) is 0 Å². The lowest BCUT2D eigenvalue weighted by atomic mass is 10.1. The SMILES string of the molecule is NC(=O)c1ccc(-c2nc3c([nH]2)CN(C(=O)CCN2CCCC2)CC3)cc1. The maximum absolute atomic E-state index is 12.6. The van der Waals surface area contributed by atoms with Crippen LogP contribution >= 0.6 is 0 Å². The molecule has 0 atom stereocenters. The van der Waals surface area contributed by atoms with Crippen molar-refractivity contribution in [1.82, 2.24) is 19.8 Å². The number of likely N-dealkylation sites (tertiary alicyclic amines) is 1. The average molecular weight is 367 g/mol. The van der Waals surface area contributed by atoms with Crippen molar-refractivity contribution < 1.29 is 9.59 Å². The number of hydrogen-bond donors (Lipinski definition) is 2. The molecule has 0 saturated carbocycles. The van der Waals surface area contributed by atoms with Crippen molar-refractivity contribution in [2.24, 2.45) is 5.73 Å². The Kier molecular flexibility index (Phi) is 4.94. The van der Waals surface area contributed by atoms with Gasteiger partial charge in [-0.05, 0) is 38.1 Å². The molecule has 1 saturated heterocycles. The number of nitrogens with two attached hydrogens (primary N) is 1. The van der Waals surface area contributed by atoms with Gasteiger partial charge in [0.15, 0.2) is 0 Å². The van der Waals surface area contributed by atoms with E-state index in [1.54, 1.807) is 12.1 Å². The topological polar surface area (TPSA) is 95.3 Å². The highest BCUT2D eigenvalue weighted by Gasteiger charge is 2.24. The quantitative estimate of drug-likeness (QED) is 0.838. The minimum Gasteiger partial charge on any atom is -0.366 e.